The lowest BCUT2D eigenvalue weighted by Gasteiger charge is -2.43. The second-order valence-electron chi connectivity index (χ2n) is 4.80. The summed E-state index contributed by atoms with van der Waals surface area (Å²) in [4.78, 5) is 0. The van der Waals surface area contributed by atoms with Crippen molar-refractivity contribution in [3.63, 3.8) is 0 Å². The number of hydrogen-bond donors (Lipinski definition) is 1. The Morgan fingerprint density at radius 2 is 2.08 bits per heavy atom. The van der Waals surface area contributed by atoms with E-state index in [0.717, 1.165) is 24.8 Å². The maximum absolute atomic E-state index is 10.5. The van der Waals surface area contributed by atoms with Crippen LogP contribution in [-0.4, -0.2) is 10.7 Å². The fourth-order valence-electron chi connectivity index (χ4n) is 2.60. The lowest BCUT2D eigenvalue weighted by atomic mass is 9.67. The molecule has 0 heterocycles. The van der Waals surface area contributed by atoms with E-state index in [-0.39, 0.29) is 0 Å². The normalized spacial score (nSPS) is 35.0. The summed E-state index contributed by atoms with van der Waals surface area (Å²) in [5.41, 5.74) is 0.373. The third-order valence-corrected chi connectivity index (χ3v) is 3.48. The molecular formula is C12H22O. The quantitative estimate of drug-likeness (QED) is 0.650. The zero-order valence-corrected chi connectivity index (χ0v) is 9.14. The largest absolute Gasteiger partial charge is 0.385 e. The van der Waals surface area contributed by atoms with Crippen molar-refractivity contribution in [2.24, 2.45) is 11.8 Å². The van der Waals surface area contributed by atoms with Crippen molar-refractivity contribution in [2.75, 3.05) is 0 Å². The summed E-state index contributed by atoms with van der Waals surface area (Å²) >= 11 is 0. The van der Waals surface area contributed by atoms with Gasteiger partial charge in [0.05, 0.1) is 5.60 Å². The van der Waals surface area contributed by atoms with Crippen molar-refractivity contribution in [2.45, 2.75) is 52.1 Å². The van der Waals surface area contributed by atoms with Gasteiger partial charge in [0.1, 0.15) is 0 Å². The van der Waals surface area contributed by atoms with Crippen molar-refractivity contribution >= 4 is 0 Å². The molecule has 76 valence electrons. The maximum atomic E-state index is 10.5. The Morgan fingerprint density at radius 1 is 1.46 bits per heavy atom. The Kier molecular flexibility index (Phi) is 3.18. The second kappa shape index (κ2) is 3.83. The van der Waals surface area contributed by atoms with E-state index >= 15 is 0 Å². The van der Waals surface area contributed by atoms with Gasteiger partial charge in [-0.1, -0.05) is 33.3 Å². The van der Waals surface area contributed by atoms with Gasteiger partial charge in [0, 0.05) is 0 Å². The highest BCUT2D eigenvalue weighted by Gasteiger charge is 2.40. The Morgan fingerprint density at radius 3 is 2.46 bits per heavy atom. The van der Waals surface area contributed by atoms with Gasteiger partial charge >= 0.3 is 0 Å². The molecule has 1 fully saturated rings. The van der Waals surface area contributed by atoms with Crippen LogP contribution in [0.3, 0.4) is 0 Å². The Hall–Kier alpha value is -0.300. The average molecular weight is 182 g/mol. The van der Waals surface area contributed by atoms with E-state index < -0.39 is 5.60 Å². The summed E-state index contributed by atoms with van der Waals surface area (Å²) < 4.78 is 0. The first kappa shape index (κ1) is 10.8. The first-order chi connectivity index (χ1) is 5.98. The topological polar surface area (TPSA) is 20.2 Å². The molecule has 1 rings (SSSR count). The fourth-order valence-corrected chi connectivity index (χ4v) is 2.60. The van der Waals surface area contributed by atoms with E-state index in [1.54, 1.807) is 0 Å². The Labute approximate surface area is 81.9 Å². The minimum absolute atomic E-state index is 0.416. The number of rotatable bonds is 2. The molecule has 13 heavy (non-hydrogen) atoms. The summed E-state index contributed by atoms with van der Waals surface area (Å²) in [6.07, 6.45) is 4.47. The van der Waals surface area contributed by atoms with Crippen LogP contribution in [0.15, 0.2) is 12.2 Å². The summed E-state index contributed by atoms with van der Waals surface area (Å²) in [6.45, 7) is 10.3. The Balaban J connectivity index is 2.83. The van der Waals surface area contributed by atoms with E-state index in [2.05, 4.69) is 20.4 Å². The highest BCUT2D eigenvalue weighted by molar-refractivity contribution is 5.13. The molecule has 0 radical (unpaired) electrons. The molecule has 1 aliphatic rings. The van der Waals surface area contributed by atoms with Crippen LogP contribution < -0.4 is 0 Å². The van der Waals surface area contributed by atoms with Crippen molar-refractivity contribution in [1.29, 1.82) is 0 Å². The molecule has 0 bridgehead atoms. The lowest BCUT2D eigenvalue weighted by Crippen LogP contribution is -2.43. The Bertz CT molecular complexity index is 195. The molecule has 1 N–H and O–H groups in total. The maximum Gasteiger partial charge on any atom is 0.0881 e. The van der Waals surface area contributed by atoms with E-state index in [0.29, 0.717) is 11.8 Å². The molecule has 0 aliphatic heterocycles. The van der Waals surface area contributed by atoms with Crippen LogP contribution in [0.2, 0.25) is 0 Å². The van der Waals surface area contributed by atoms with Gasteiger partial charge in [0.25, 0.3) is 0 Å². The molecule has 0 amide bonds. The van der Waals surface area contributed by atoms with E-state index in [4.69, 9.17) is 0 Å². The van der Waals surface area contributed by atoms with Crippen molar-refractivity contribution in [3.05, 3.63) is 12.2 Å². The summed E-state index contributed by atoms with van der Waals surface area (Å²) in [7, 11) is 0. The van der Waals surface area contributed by atoms with Gasteiger partial charge in [-0.05, 0) is 37.2 Å². The predicted molar refractivity (Wildman–Crippen MR) is 56.6 cm³/mol. The molecule has 2 atom stereocenters. The first-order valence-electron chi connectivity index (χ1n) is 5.37. The molecule has 1 heteroatoms. The fraction of sp³-hybridized carbons (Fsp3) is 0.833. The summed E-state index contributed by atoms with van der Waals surface area (Å²) in [5.74, 6) is 0.973. The van der Waals surface area contributed by atoms with Crippen LogP contribution in [-0.2, 0) is 0 Å². The van der Waals surface area contributed by atoms with Crippen LogP contribution in [0.1, 0.15) is 46.5 Å². The molecule has 0 aromatic rings. The third kappa shape index (κ3) is 1.96. The van der Waals surface area contributed by atoms with Gasteiger partial charge in [-0.2, -0.15) is 0 Å². The molecule has 0 aromatic heterocycles. The predicted octanol–water partition coefficient (Wildman–Crippen LogP) is 3.14. The SMILES string of the molecule is C=C(C)C1(O)CCCCC1C(C)C. The standard InChI is InChI=1S/C12H22O/c1-9(2)11-7-5-6-8-12(11,13)10(3)4/h9,11,13H,3,5-8H2,1-2,4H3. The van der Waals surface area contributed by atoms with Gasteiger partial charge in [-0.15, -0.1) is 0 Å². The van der Waals surface area contributed by atoms with Crippen molar-refractivity contribution in [3.8, 4) is 0 Å². The summed E-state index contributed by atoms with van der Waals surface area (Å²) in [5, 5.41) is 10.5. The van der Waals surface area contributed by atoms with Crippen LogP contribution in [0.4, 0.5) is 0 Å². The van der Waals surface area contributed by atoms with Crippen molar-refractivity contribution < 1.29 is 5.11 Å². The van der Waals surface area contributed by atoms with Crippen LogP contribution in [0, 0.1) is 11.8 Å². The monoisotopic (exact) mass is 182 g/mol. The van der Waals surface area contributed by atoms with Gasteiger partial charge in [-0.3, -0.25) is 0 Å². The third-order valence-electron chi connectivity index (χ3n) is 3.48. The van der Waals surface area contributed by atoms with Gasteiger partial charge < -0.3 is 5.11 Å². The minimum atomic E-state index is -0.577. The zero-order valence-electron chi connectivity index (χ0n) is 9.14. The van der Waals surface area contributed by atoms with Gasteiger partial charge in [0.15, 0.2) is 0 Å². The van der Waals surface area contributed by atoms with E-state index in [1.807, 2.05) is 6.92 Å². The molecule has 1 nitrogen and oxygen atoms in total. The molecule has 2 unspecified atom stereocenters. The average Bonchev–Trinajstić information content (AvgIpc) is 2.04. The summed E-state index contributed by atoms with van der Waals surface area (Å²) in [6, 6.07) is 0. The molecule has 1 saturated carbocycles. The smallest absolute Gasteiger partial charge is 0.0881 e. The molecule has 0 spiro atoms. The van der Waals surface area contributed by atoms with Gasteiger partial charge in [-0.25, -0.2) is 0 Å². The van der Waals surface area contributed by atoms with Crippen LogP contribution in [0.5, 0.6) is 0 Å². The number of aliphatic hydroxyl groups is 1. The minimum Gasteiger partial charge on any atom is -0.385 e. The zero-order chi connectivity index (χ0) is 10.1. The molecule has 0 saturated heterocycles. The van der Waals surface area contributed by atoms with Crippen LogP contribution >= 0.6 is 0 Å². The van der Waals surface area contributed by atoms with Gasteiger partial charge in [0.2, 0.25) is 0 Å². The highest BCUT2D eigenvalue weighted by Crippen LogP contribution is 2.41. The van der Waals surface area contributed by atoms with Crippen molar-refractivity contribution in [1.82, 2.24) is 0 Å². The first-order valence-corrected chi connectivity index (χ1v) is 5.37. The number of hydrogen-bond acceptors (Lipinski definition) is 1. The van der Waals surface area contributed by atoms with E-state index in [1.165, 1.54) is 6.42 Å². The van der Waals surface area contributed by atoms with E-state index in [9.17, 15) is 5.11 Å². The second-order valence-corrected chi connectivity index (χ2v) is 4.80. The molecular weight excluding hydrogens is 160 g/mol. The highest BCUT2D eigenvalue weighted by atomic mass is 16.3. The molecule has 0 aromatic carbocycles. The molecule has 1 aliphatic carbocycles. The van der Waals surface area contributed by atoms with Crippen LogP contribution in [0.25, 0.3) is 0 Å². The lowest BCUT2D eigenvalue weighted by molar-refractivity contribution is -0.0342.